The highest BCUT2D eigenvalue weighted by molar-refractivity contribution is 9.10. The highest BCUT2D eigenvalue weighted by Gasteiger charge is 2.08. The third-order valence-electron chi connectivity index (χ3n) is 2.45. The maximum Gasteiger partial charge on any atom is 0.207 e. The third-order valence-corrected chi connectivity index (χ3v) is 2.95. The van der Waals surface area contributed by atoms with Crippen molar-refractivity contribution in [3.63, 3.8) is 0 Å². The Labute approximate surface area is 114 Å². The lowest BCUT2D eigenvalue weighted by molar-refractivity contribution is 0.527. The van der Waals surface area contributed by atoms with Gasteiger partial charge in [-0.25, -0.2) is 9.37 Å². The van der Waals surface area contributed by atoms with Crippen molar-refractivity contribution in [2.24, 2.45) is 5.92 Å². The van der Waals surface area contributed by atoms with Gasteiger partial charge in [0.05, 0.1) is 5.69 Å². The number of aromatic nitrogens is 2. The number of hydrogen-bond acceptors (Lipinski definition) is 2. The summed E-state index contributed by atoms with van der Waals surface area (Å²) in [6.07, 6.45) is 3.60. The normalized spacial score (nSPS) is 10.9. The van der Waals surface area contributed by atoms with Gasteiger partial charge in [0, 0.05) is 23.4 Å². The molecule has 0 bridgehead atoms. The molecule has 18 heavy (non-hydrogen) atoms. The minimum Gasteiger partial charge on any atom is -0.323 e. The van der Waals surface area contributed by atoms with Crippen LogP contribution in [-0.4, -0.2) is 9.55 Å². The number of imidazole rings is 1. The molecule has 1 aromatic heterocycles. The van der Waals surface area contributed by atoms with Crippen molar-refractivity contribution in [1.82, 2.24) is 9.55 Å². The lowest BCUT2D eigenvalue weighted by atomic mass is 10.2. The monoisotopic (exact) mass is 311 g/mol. The van der Waals surface area contributed by atoms with Crippen LogP contribution in [0.1, 0.15) is 13.8 Å². The Morgan fingerprint density at radius 1 is 1.44 bits per heavy atom. The van der Waals surface area contributed by atoms with Gasteiger partial charge in [-0.3, -0.25) is 0 Å². The first kappa shape index (κ1) is 13.1. The maximum absolute atomic E-state index is 13.6. The minimum absolute atomic E-state index is 0.294. The van der Waals surface area contributed by atoms with Crippen LogP contribution in [0.25, 0.3) is 0 Å². The van der Waals surface area contributed by atoms with E-state index in [0.717, 1.165) is 11.0 Å². The molecule has 3 nitrogen and oxygen atoms in total. The van der Waals surface area contributed by atoms with E-state index in [9.17, 15) is 4.39 Å². The van der Waals surface area contributed by atoms with Gasteiger partial charge >= 0.3 is 0 Å². The topological polar surface area (TPSA) is 29.9 Å². The van der Waals surface area contributed by atoms with Gasteiger partial charge < -0.3 is 9.88 Å². The summed E-state index contributed by atoms with van der Waals surface area (Å²) in [5.74, 6) is 0.866. The van der Waals surface area contributed by atoms with Gasteiger partial charge in [-0.05, 0) is 24.1 Å². The highest BCUT2D eigenvalue weighted by atomic mass is 79.9. The number of halogens is 2. The molecule has 0 saturated carbocycles. The molecule has 0 fully saturated rings. The van der Waals surface area contributed by atoms with Crippen LogP contribution in [0.5, 0.6) is 0 Å². The van der Waals surface area contributed by atoms with Crippen molar-refractivity contribution in [2.45, 2.75) is 20.4 Å². The lowest BCUT2D eigenvalue weighted by Gasteiger charge is -2.12. The molecule has 2 rings (SSSR count). The van der Waals surface area contributed by atoms with E-state index in [1.54, 1.807) is 18.3 Å². The summed E-state index contributed by atoms with van der Waals surface area (Å²) in [5, 5.41) is 3.01. The third kappa shape index (κ3) is 3.10. The summed E-state index contributed by atoms with van der Waals surface area (Å²) in [6.45, 7) is 5.10. The molecule has 0 saturated heterocycles. The number of nitrogens with zero attached hydrogens (tertiary/aromatic N) is 2. The zero-order chi connectivity index (χ0) is 13.1. The summed E-state index contributed by atoms with van der Waals surface area (Å²) in [6, 6.07) is 4.78. The van der Waals surface area contributed by atoms with E-state index >= 15 is 0 Å². The van der Waals surface area contributed by atoms with E-state index in [4.69, 9.17) is 0 Å². The highest BCUT2D eigenvalue weighted by Crippen LogP contribution is 2.23. The van der Waals surface area contributed by atoms with Crippen molar-refractivity contribution in [2.75, 3.05) is 5.32 Å². The van der Waals surface area contributed by atoms with Crippen molar-refractivity contribution in [3.8, 4) is 0 Å². The number of anilines is 2. The van der Waals surface area contributed by atoms with Crippen LogP contribution in [0, 0.1) is 11.7 Å². The first-order valence-electron chi connectivity index (χ1n) is 5.79. The molecule has 0 spiro atoms. The largest absolute Gasteiger partial charge is 0.323 e. The number of nitrogens with one attached hydrogen (secondary N) is 1. The van der Waals surface area contributed by atoms with Crippen LogP contribution in [0.4, 0.5) is 16.0 Å². The molecule has 96 valence electrons. The Kier molecular flexibility index (Phi) is 4.01. The van der Waals surface area contributed by atoms with Crippen LogP contribution >= 0.6 is 15.9 Å². The smallest absolute Gasteiger partial charge is 0.207 e. The maximum atomic E-state index is 13.6. The van der Waals surface area contributed by atoms with E-state index in [1.807, 2.05) is 10.8 Å². The molecule has 0 amide bonds. The molecular weight excluding hydrogens is 297 g/mol. The molecule has 1 N–H and O–H groups in total. The van der Waals surface area contributed by atoms with Crippen molar-refractivity contribution in [3.05, 3.63) is 40.9 Å². The van der Waals surface area contributed by atoms with E-state index in [0.29, 0.717) is 17.6 Å². The van der Waals surface area contributed by atoms with Crippen LogP contribution in [0.3, 0.4) is 0 Å². The second-order valence-corrected chi connectivity index (χ2v) is 5.46. The average Bonchev–Trinajstić information content (AvgIpc) is 2.70. The molecule has 0 unspecified atom stereocenters. The van der Waals surface area contributed by atoms with Crippen molar-refractivity contribution < 1.29 is 4.39 Å². The Hall–Kier alpha value is -1.36. The molecule has 0 atom stereocenters. The Balaban J connectivity index is 2.23. The summed E-state index contributed by atoms with van der Waals surface area (Å²) in [4.78, 5) is 4.21. The zero-order valence-corrected chi connectivity index (χ0v) is 11.9. The van der Waals surface area contributed by atoms with E-state index in [1.165, 1.54) is 6.07 Å². The second kappa shape index (κ2) is 5.52. The predicted octanol–water partition coefficient (Wildman–Crippen LogP) is 4.18. The molecule has 0 aliphatic carbocycles. The van der Waals surface area contributed by atoms with Gasteiger partial charge in [-0.1, -0.05) is 29.8 Å². The quantitative estimate of drug-likeness (QED) is 0.917. The van der Waals surface area contributed by atoms with Crippen molar-refractivity contribution >= 4 is 27.6 Å². The molecule has 5 heteroatoms. The Morgan fingerprint density at radius 2 is 2.22 bits per heavy atom. The van der Waals surface area contributed by atoms with Gasteiger partial charge in [0.15, 0.2) is 0 Å². The van der Waals surface area contributed by atoms with Gasteiger partial charge in [0.2, 0.25) is 5.95 Å². The average molecular weight is 312 g/mol. The number of benzene rings is 1. The zero-order valence-electron chi connectivity index (χ0n) is 10.3. The van der Waals surface area contributed by atoms with E-state index in [2.05, 4.69) is 40.1 Å². The molecule has 0 aliphatic rings. The van der Waals surface area contributed by atoms with Gasteiger partial charge in [-0.2, -0.15) is 0 Å². The van der Waals surface area contributed by atoms with Crippen LogP contribution in [0.15, 0.2) is 35.1 Å². The van der Waals surface area contributed by atoms with Gasteiger partial charge in [0.25, 0.3) is 0 Å². The first-order chi connectivity index (χ1) is 8.56. The van der Waals surface area contributed by atoms with Crippen LogP contribution in [0.2, 0.25) is 0 Å². The van der Waals surface area contributed by atoms with Crippen molar-refractivity contribution in [1.29, 1.82) is 0 Å². The fourth-order valence-electron chi connectivity index (χ4n) is 1.69. The second-order valence-electron chi connectivity index (χ2n) is 4.55. The van der Waals surface area contributed by atoms with Crippen LogP contribution in [-0.2, 0) is 6.54 Å². The Morgan fingerprint density at radius 3 is 2.94 bits per heavy atom. The first-order valence-corrected chi connectivity index (χ1v) is 6.59. The number of hydrogen-bond donors (Lipinski definition) is 1. The molecule has 1 heterocycles. The summed E-state index contributed by atoms with van der Waals surface area (Å²) >= 11 is 3.33. The summed E-state index contributed by atoms with van der Waals surface area (Å²) < 4.78 is 16.4. The molecular formula is C13H15BrFN3. The number of rotatable bonds is 4. The standard InChI is InChI=1S/C13H15BrFN3/c1-9(2)8-18-6-5-16-13(18)17-12-7-10(14)3-4-11(12)15/h3-7,9H,8H2,1-2H3,(H,16,17). The van der Waals surface area contributed by atoms with Gasteiger partial charge in [0.1, 0.15) is 5.82 Å². The molecule has 1 aromatic carbocycles. The Bertz CT molecular complexity index is 537. The lowest BCUT2D eigenvalue weighted by Crippen LogP contribution is -2.08. The fourth-order valence-corrected chi connectivity index (χ4v) is 2.05. The molecule has 0 aliphatic heterocycles. The van der Waals surface area contributed by atoms with E-state index in [-0.39, 0.29) is 5.82 Å². The summed E-state index contributed by atoms with van der Waals surface area (Å²) in [5.41, 5.74) is 0.417. The predicted molar refractivity (Wildman–Crippen MR) is 74.4 cm³/mol. The molecule has 0 radical (unpaired) electrons. The van der Waals surface area contributed by atoms with Crippen LogP contribution < -0.4 is 5.32 Å². The summed E-state index contributed by atoms with van der Waals surface area (Å²) in [7, 11) is 0. The SMILES string of the molecule is CC(C)Cn1ccnc1Nc1cc(Br)ccc1F. The van der Waals surface area contributed by atoms with E-state index < -0.39 is 0 Å². The molecule has 2 aromatic rings. The minimum atomic E-state index is -0.294. The van der Waals surface area contributed by atoms with Gasteiger partial charge in [-0.15, -0.1) is 0 Å². The fraction of sp³-hybridized carbons (Fsp3) is 0.308.